The smallest absolute Gasteiger partial charge is 0.305 e. The van der Waals surface area contributed by atoms with Crippen molar-refractivity contribution in [3.63, 3.8) is 0 Å². The first kappa shape index (κ1) is 15.9. The number of benzene rings is 1. The zero-order chi connectivity index (χ0) is 16.3. The van der Waals surface area contributed by atoms with Crippen LogP contribution in [0.15, 0.2) is 18.2 Å². The standard InChI is InChI=1S/C15H17FN2O4/c1-17(8-6-14(20)21)15(22)11-9-10(4-5-12(11)16)18-7-2-3-13(18)19/h4-5,9H,2-3,6-8H2,1H3,(H,20,21). The number of hydrogen-bond acceptors (Lipinski definition) is 3. The van der Waals surface area contributed by atoms with Crippen molar-refractivity contribution < 1.29 is 23.9 Å². The van der Waals surface area contributed by atoms with Gasteiger partial charge < -0.3 is 14.9 Å². The van der Waals surface area contributed by atoms with Crippen LogP contribution < -0.4 is 4.90 Å². The van der Waals surface area contributed by atoms with Crippen molar-refractivity contribution in [2.45, 2.75) is 19.3 Å². The Morgan fingerprint density at radius 3 is 2.73 bits per heavy atom. The molecule has 1 fully saturated rings. The lowest BCUT2D eigenvalue weighted by atomic mass is 10.1. The van der Waals surface area contributed by atoms with Gasteiger partial charge in [0, 0.05) is 32.2 Å². The quantitative estimate of drug-likeness (QED) is 0.894. The second-order valence-corrected chi connectivity index (χ2v) is 5.18. The highest BCUT2D eigenvalue weighted by molar-refractivity contribution is 5.99. The van der Waals surface area contributed by atoms with Crippen LogP contribution in [0.2, 0.25) is 0 Å². The van der Waals surface area contributed by atoms with Gasteiger partial charge in [-0.3, -0.25) is 14.4 Å². The van der Waals surface area contributed by atoms with Crippen LogP contribution in [0.4, 0.5) is 10.1 Å². The van der Waals surface area contributed by atoms with Crippen LogP contribution >= 0.6 is 0 Å². The Hall–Kier alpha value is -2.44. The van der Waals surface area contributed by atoms with Crippen molar-refractivity contribution in [2.75, 3.05) is 25.0 Å². The number of amides is 2. The van der Waals surface area contributed by atoms with Gasteiger partial charge in [0.25, 0.3) is 5.91 Å². The Bertz CT molecular complexity index is 618. The number of carbonyl (C=O) groups is 3. The molecule has 7 heteroatoms. The minimum absolute atomic E-state index is 0.0134. The fraction of sp³-hybridized carbons (Fsp3) is 0.400. The molecule has 1 aromatic rings. The predicted molar refractivity (Wildman–Crippen MR) is 77.2 cm³/mol. The van der Waals surface area contributed by atoms with Crippen LogP contribution in [0.1, 0.15) is 29.6 Å². The van der Waals surface area contributed by atoms with Crippen LogP contribution in [0.5, 0.6) is 0 Å². The maximum Gasteiger partial charge on any atom is 0.305 e. The topological polar surface area (TPSA) is 77.9 Å². The highest BCUT2D eigenvalue weighted by Gasteiger charge is 2.24. The molecule has 0 radical (unpaired) electrons. The van der Waals surface area contributed by atoms with E-state index in [1.807, 2.05) is 0 Å². The van der Waals surface area contributed by atoms with E-state index in [1.165, 1.54) is 24.1 Å². The minimum atomic E-state index is -1.03. The molecule has 1 aliphatic heterocycles. The third-order valence-corrected chi connectivity index (χ3v) is 3.57. The summed E-state index contributed by atoms with van der Waals surface area (Å²) in [5.41, 5.74) is 0.323. The molecule has 0 aliphatic carbocycles. The van der Waals surface area contributed by atoms with Crippen LogP contribution in [-0.2, 0) is 9.59 Å². The molecule has 1 N–H and O–H groups in total. The lowest BCUT2D eigenvalue weighted by Gasteiger charge is -2.19. The molecule has 22 heavy (non-hydrogen) atoms. The number of halogens is 1. The normalized spacial score (nSPS) is 14.3. The zero-order valence-electron chi connectivity index (χ0n) is 12.2. The van der Waals surface area contributed by atoms with Crippen molar-refractivity contribution in [3.8, 4) is 0 Å². The molecule has 118 valence electrons. The number of aliphatic carboxylic acids is 1. The highest BCUT2D eigenvalue weighted by atomic mass is 19.1. The summed E-state index contributed by atoms with van der Waals surface area (Å²) in [5.74, 6) is -2.38. The number of anilines is 1. The van der Waals surface area contributed by atoms with Crippen LogP contribution in [-0.4, -0.2) is 47.9 Å². The monoisotopic (exact) mass is 308 g/mol. The molecule has 0 spiro atoms. The van der Waals surface area contributed by atoms with E-state index >= 15 is 0 Å². The van der Waals surface area contributed by atoms with Crippen LogP contribution in [0.25, 0.3) is 0 Å². The van der Waals surface area contributed by atoms with Gasteiger partial charge in [0.1, 0.15) is 5.82 Å². The van der Waals surface area contributed by atoms with Gasteiger partial charge in [-0.1, -0.05) is 0 Å². The first-order valence-corrected chi connectivity index (χ1v) is 6.97. The summed E-state index contributed by atoms with van der Waals surface area (Å²) < 4.78 is 13.9. The number of nitrogens with zero attached hydrogens (tertiary/aromatic N) is 2. The summed E-state index contributed by atoms with van der Waals surface area (Å²) >= 11 is 0. The van der Waals surface area contributed by atoms with Gasteiger partial charge in [-0.25, -0.2) is 4.39 Å². The van der Waals surface area contributed by atoms with Gasteiger partial charge in [-0.2, -0.15) is 0 Å². The molecule has 2 rings (SSSR count). The lowest BCUT2D eigenvalue weighted by molar-refractivity contribution is -0.137. The Kier molecular flexibility index (Phi) is 4.75. The molecule has 0 bridgehead atoms. The van der Waals surface area contributed by atoms with Gasteiger partial charge in [0.2, 0.25) is 5.91 Å². The molecule has 0 unspecified atom stereocenters. The van der Waals surface area contributed by atoms with Crippen molar-refractivity contribution in [2.24, 2.45) is 0 Å². The fourth-order valence-electron chi connectivity index (χ4n) is 2.34. The van der Waals surface area contributed by atoms with E-state index in [4.69, 9.17) is 5.11 Å². The molecule has 6 nitrogen and oxygen atoms in total. The number of rotatable bonds is 5. The number of carbonyl (C=O) groups excluding carboxylic acids is 2. The van der Waals surface area contributed by atoms with Crippen molar-refractivity contribution in [3.05, 3.63) is 29.6 Å². The Morgan fingerprint density at radius 1 is 1.41 bits per heavy atom. The first-order chi connectivity index (χ1) is 10.4. The largest absolute Gasteiger partial charge is 0.481 e. The van der Waals surface area contributed by atoms with Gasteiger partial charge in [-0.05, 0) is 24.6 Å². The highest BCUT2D eigenvalue weighted by Crippen LogP contribution is 2.24. The maximum atomic E-state index is 13.9. The van der Waals surface area contributed by atoms with E-state index in [9.17, 15) is 18.8 Å². The van der Waals surface area contributed by atoms with E-state index in [0.717, 1.165) is 17.4 Å². The number of carboxylic acid groups (broad SMARTS) is 1. The molecule has 2 amide bonds. The van der Waals surface area contributed by atoms with Crippen LogP contribution in [0, 0.1) is 5.82 Å². The molecule has 0 saturated carbocycles. The molecule has 0 atom stereocenters. The number of hydrogen-bond donors (Lipinski definition) is 1. The molecule has 1 aliphatic rings. The fourth-order valence-corrected chi connectivity index (χ4v) is 2.34. The molecule has 1 heterocycles. The zero-order valence-corrected chi connectivity index (χ0v) is 12.2. The molecular formula is C15H17FN2O4. The van der Waals surface area contributed by atoms with Crippen molar-refractivity contribution in [1.82, 2.24) is 4.90 Å². The van der Waals surface area contributed by atoms with E-state index < -0.39 is 17.7 Å². The third-order valence-electron chi connectivity index (χ3n) is 3.57. The summed E-state index contributed by atoms with van der Waals surface area (Å²) in [7, 11) is 1.42. The summed E-state index contributed by atoms with van der Waals surface area (Å²) in [6.07, 6.45) is 0.964. The predicted octanol–water partition coefficient (Wildman–Crippen LogP) is 1.50. The summed E-state index contributed by atoms with van der Waals surface area (Å²) in [6, 6.07) is 3.96. The first-order valence-electron chi connectivity index (χ1n) is 6.97. The Labute approximate surface area is 127 Å². The Balaban J connectivity index is 2.20. The lowest BCUT2D eigenvalue weighted by Crippen LogP contribution is -2.30. The van der Waals surface area contributed by atoms with E-state index in [0.29, 0.717) is 18.7 Å². The maximum absolute atomic E-state index is 13.9. The van der Waals surface area contributed by atoms with Gasteiger partial charge in [0.05, 0.1) is 12.0 Å². The van der Waals surface area contributed by atoms with Gasteiger partial charge >= 0.3 is 5.97 Å². The average Bonchev–Trinajstić information content (AvgIpc) is 2.90. The number of carboxylic acids is 1. The van der Waals surface area contributed by atoms with Crippen molar-refractivity contribution in [1.29, 1.82) is 0 Å². The molecular weight excluding hydrogens is 291 g/mol. The summed E-state index contributed by atoms with van der Waals surface area (Å²) in [6.45, 7) is 0.535. The van der Waals surface area contributed by atoms with Crippen molar-refractivity contribution >= 4 is 23.5 Å². The van der Waals surface area contributed by atoms with Gasteiger partial charge in [0.15, 0.2) is 0 Å². The SMILES string of the molecule is CN(CCC(=O)O)C(=O)c1cc(N2CCCC2=O)ccc1F. The van der Waals surface area contributed by atoms with E-state index in [-0.39, 0.29) is 24.4 Å². The summed E-state index contributed by atoms with van der Waals surface area (Å²) in [5, 5.41) is 8.63. The summed E-state index contributed by atoms with van der Waals surface area (Å²) in [4.78, 5) is 37.2. The second-order valence-electron chi connectivity index (χ2n) is 5.18. The second kappa shape index (κ2) is 6.55. The third kappa shape index (κ3) is 3.41. The van der Waals surface area contributed by atoms with E-state index in [1.54, 1.807) is 0 Å². The molecule has 1 aromatic carbocycles. The molecule has 0 aromatic heterocycles. The van der Waals surface area contributed by atoms with Crippen LogP contribution in [0.3, 0.4) is 0 Å². The Morgan fingerprint density at radius 2 is 2.14 bits per heavy atom. The molecule has 1 saturated heterocycles. The average molecular weight is 308 g/mol. The minimum Gasteiger partial charge on any atom is -0.481 e. The van der Waals surface area contributed by atoms with Gasteiger partial charge in [-0.15, -0.1) is 0 Å². The van der Waals surface area contributed by atoms with E-state index in [2.05, 4.69) is 0 Å².